The Kier molecular flexibility index (Phi) is 3.92. The van der Waals surface area contributed by atoms with Gasteiger partial charge >= 0.3 is 6.03 Å². The molecule has 0 bridgehead atoms. The van der Waals surface area contributed by atoms with Crippen LogP contribution in [-0.4, -0.2) is 45.1 Å². The molecule has 0 N–H and O–H groups in total. The van der Waals surface area contributed by atoms with Gasteiger partial charge in [0.2, 0.25) is 4.77 Å². The monoisotopic (exact) mass is 246 g/mol. The molecule has 7 heteroatoms. The van der Waals surface area contributed by atoms with Crippen molar-refractivity contribution in [3.63, 3.8) is 0 Å². The first-order valence-corrected chi connectivity index (χ1v) is 5.89. The van der Waals surface area contributed by atoms with Gasteiger partial charge in [0.1, 0.15) is 0 Å². The van der Waals surface area contributed by atoms with E-state index in [2.05, 4.69) is 5.10 Å². The number of amides is 1. The van der Waals surface area contributed by atoms with Crippen molar-refractivity contribution in [3.8, 4) is 0 Å². The maximum absolute atomic E-state index is 11.7. The number of rotatable bonds is 2. The van der Waals surface area contributed by atoms with Gasteiger partial charge in [0.25, 0.3) is 0 Å². The second-order valence-electron chi connectivity index (χ2n) is 3.15. The maximum atomic E-state index is 11.7. The van der Waals surface area contributed by atoms with Crippen molar-refractivity contribution in [2.45, 2.75) is 12.1 Å². The lowest BCUT2D eigenvalue weighted by molar-refractivity contribution is 0.215. The van der Waals surface area contributed by atoms with Crippen molar-refractivity contribution in [3.05, 3.63) is 4.77 Å². The van der Waals surface area contributed by atoms with E-state index >= 15 is 0 Å². The molecule has 1 heterocycles. The van der Waals surface area contributed by atoms with E-state index in [0.29, 0.717) is 4.77 Å². The molecule has 0 atom stereocenters. The van der Waals surface area contributed by atoms with Crippen LogP contribution < -0.4 is 0 Å². The smallest absolute Gasteiger partial charge is 0.329 e. The zero-order valence-electron chi connectivity index (χ0n) is 9.22. The quantitative estimate of drug-likeness (QED) is 0.587. The van der Waals surface area contributed by atoms with Gasteiger partial charge in [-0.15, -0.1) is 5.10 Å². The van der Waals surface area contributed by atoms with E-state index < -0.39 is 0 Å². The van der Waals surface area contributed by atoms with E-state index in [1.165, 1.54) is 9.58 Å². The number of carbonyl (C=O) groups excluding carboxylic acids is 1. The highest BCUT2D eigenvalue weighted by molar-refractivity contribution is 7.99. The minimum Gasteiger partial charge on any atom is -0.329 e. The summed E-state index contributed by atoms with van der Waals surface area (Å²) < 4.78 is 3.41. The predicted molar refractivity (Wildman–Crippen MR) is 62.9 cm³/mol. The molecule has 5 nitrogen and oxygen atoms in total. The number of hydrogen-bond donors (Lipinski definition) is 0. The molecule has 0 unspecified atom stereocenters. The second kappa shape index (κ2) is 4.80. The zero-order chi connectivity index (χ0) is 11.6. The largest absolute Gasteiger partial charge is 0.346 e. The van der Waals surface area contributed by atoms with Gasteiger partial charge in [-0.3, -0.25) is 4.57 Å². The normalized spacial score (nSPS) is 10.4. The van der Waals surface area contributed by atoms with E-state index in [1.54, 1.807) is 30.4 Å². The highest BCUT2D eigenvalue weighted by Crippen LogP contribution is 2.14. The van der Waals surface area contributed by atoms with Gasteiger partial charge in [0.15, 0.2) is 5.16 Å². The summed E-state index contributed by atoms with van der Waals surface area (Å²) in [6.45, 7) is 2.03. The lowest BCUT2D eigenvalue weighted by Gasteiger charge is -2.08. The third kappa shape index (κ3) is 2.40. The number of carbonyl (C=O) groups is 1. The van der Waals surface area contributed by atoms with E-state index in [4.69, 9.17) is 12.2 Å². The molecule has 1 aromatic heterocycles. The highest BCUT2D eigenvalue weighted by atomic mass is 32.2. The second-order valence-corrected chi connectivity index (χ2v) is 4.74. The molecule has 0 spiro atoms. The zero-order valence-corrected chi connectivity index (χ0v) is 10.9. The Hall–Kier alpha value is -0.820. The molecule has 0 radical (unpaired) electrons. The molecule has 1 aromatic rings. The van der Waals surface area contributed by atoms with E-state index in [0.717, 1.165) is 10.9 Å². The molecule has 15 heavy (non-hydrogen) atoms. The number of thioether (sulfide) groups is 1. The highest BCUT2D eigenvalue weighted by Gasteiger charge is 2.14. The fourth-order valence-electron chi connectivity index (χ4n) is 0.988. The van der Waals surface area contributed by atoms with Gasteiger partial charge in [-0.25, -0.2) is 4.79 Å². The first-order chi connectivity index (χ1) is 6.99. The Bertz CT molecular complexity index is 421. The Balaban J connectivity index is 3.16. The molecule has 0 saturated heterocycles. The maximum Gasteiger partial charge on any atom is 0.346 e. The van der Waals surface area contributed by atoms with Crippen molar-refractivity contribution in [1.82, 2.24) is 19.2 Å². The minimum atomic E-state index is -0.224. The van der Waals surface area contributed by atoms with Crippen LogP contribution in [0.3, 0.4) is 0 Å². The summed E-state index contributed by atoms with van der Waals surface area (Å²) in [4.78, 5) is 13.1. The fourth-order valence-corrected chi connectivity index (χ4v) is 1.93. The summed E-state index contributed by atoms with van der Waals surface area (Å²) in [6, 6.07) is -0.224. The molecule has 0 aliphatic rings. The molecule has 1 rings (SSSR count). The lowest BCUT2D eigenvalue weighted by atomic mass is 10.8. The van der Waals surface area contributed by atoms with Crippen molar-refractivity contribution in [2.24, 2.45) is 7.05 Å². The summed E-state index contributed by atoms with van der Waals surface area (Å²) in [6.07, 6.45) is 0. The van der Waals surface area contributed by atoms with E-state index in [-0.39, 0.29) is 6.03 Å². The van der Waals surface area contributed by atoms with Crippen molar-refractivity contribution >= 4 is 30.0 Å². The van der Waals surface area contributed by atoms with Crippen LogP contribution in [0, 0.1) is 4.77 Å². The van der Waals surface area contributed by atoms with Gasteiger partial charge in [0, 0.05) is 21.1 Å². The molecule has 0 aliphatic carbocycles. The lowest BCUT2D eigenvalue weighted by Crippen LogP contribution is -2.28. The summed E-state index contributed by atoms with van der Waals surface area (Å²) in [5.41, 5.74) is 0. The van der Waals surface area contributed by atoms with Gasteiger partial charge in [-0.1, -0.05) is 18.7 Å². The van der Waals surface area contributed by atoms with Crippen LogP contribution in [-0.2, 0) is 7.05 Å². The average molecular weight is 246 g/mol. The summed E-state index contributed by atoms with van der Waals surface area (Å²) in [5, 5.41) is 4.93. The van der Waals surface area contributed by atoms with E-state index in [1.807, 2.05) is 14.0 Å². The van der Waals surface area contributed by atoms with Crippen molar-refractivity contribution in [2.75, 3.05) is 19.8 Å². The average Bonchev–Trinajstić information content (AvgIpc) is 2.45. The third-order valence-corrected chi connectivity index (χ3v) is 3.13. The summed E-state index contributed by atoms with van der Waals surface area (Å²) in [5.74, 6) is 0.899. The minimum absolute atomic E-state index is 0.224. The van der Waals surface area contributed by atoms with Crippen LogP contribution in [0.5, 0.6) is 0 Å². The fraction of sp³-hybridized carbons (Fsp3) is 0.625. The van der Waals surface area contributed by atoms with Gasteiger partial charge in [0.05, 0.1) is 0 Å². The number of aromatic nitrogens is 3. The van der Waals surface area contributed by atoms with Crippen LogP contribution in [0.15, 0.2) is 5.16 Å². The Morgan fingerprint density at radius 3 is 2.67 bits per heavy atom. The summed E-state index contributed by atoms with van der Waals surface area (Å²) >= 11 is 6.69. The molecular formula is C8H14N4OS2. The summed E-state index contributed by atoms with van der Waals surface area (Å²) in [7, 11) is 5.16. The van der Waals surface area contributed by atoms with Crippen LogP contribution >= 0.6 is 24.0 Å². The van der Waals surface area contributed by atoms with Gasteiger partial charge < -0.3 is 4.90 Å². The molecule has 0 aliphatic heterocycles. The molecule has 0 fully saturated rings. The first-order valence-electron chi connectivity index (χ1n) is 4.49. The van der Waals surface area contributed by atoms with Gasteiger partial charge in [-0.2, -0.15) is 4.68 Å². The van der Waals surface area contributed by atoms with Crippen LogP contribution in [0.25, 0.3) is 0 Å². The predicted octanol–water partition coefficient (Wildman–Crippen LogP) is 1.59. The van der Waals surface area contributed by atoms with Crippen molar-refractivity contribution in [1.29, 1.82) is 0 Å². The third-order valence-electron chi connectivity index (χ3n) is 1.78. The topological polar surface area (TPSA) is 43.1 Å². The Morgan fingerprint density at radius 2 is 2.20 bits per heavy atom. The van der Waals surface area contributed by atoms with Crippen LogP contribution in [0.1, 0.15) is 6.92 Å². The molecule has 84 valence electrons. The molecule has 1 amide bonds. The molecular weight excluding hydrogens is 232 g/mol. The number of hydrogen-bond acceptors (Lipinski definition) is 4. The van der Waals surface area contributed by atoms with Crippen molar-refractivity contribution < 1.29 is 4.79 Å². The van der Waals surface area contributed by atoms with Crippen LogP contribution in [0.2, 0.25) is 0 Å². The molecule has 0 saturated carbocycles. The first kappa shape index (κ1) is 12.3. The Labute approximate surface area is 98.1 Å². The van der Waals surface area contributed by atoms with E-state index in [9.17, 15) is 4.79 Å². The van der Waals surface area contributed by atoms with Gasteiger partial charge in [-0.05, 0) is 18.0 Å². The number of nitrogens with zero attached hydrogens (tertiary/aromatic N) is 4. The van der Waals surface area contributed by atoms with Crippen LogP contribution in [0.4, 0.5) is 4.79 Å². The Morgan fingerprint density at radius 1 is 1.60 bits per heavy atom. The molecule has 0 aromatic carbocycles. The standard InChI is InChI=1S/C8H14N4OS2/c1-5-15-6-9-12(7(13)10(2)3)8(14)11(6)4/h5H2,1-4H3. The SMILES string of the molecule is CCSc1nn(C(=O)N(C)C)c(=S)n1C.